The van der Waals surface area contributed by atoms with E-state index in [9.17, 15) is 18.7 Å². The van der Waals surface area contributed by atoms with E-state index in [0.29, 0.717) is 5.75 Å². The maximum Gasteiger partial charge on any atom is 0.354 e. The molecule has 0 fully saturated rings. The van der Waals surface area contributed by atoms with Gasteiger partial charge in [-0.05, 0) is 31.2 Å². The number of methoxy groups -OCH3 is 2. The van der Waals surface area contributed by atoms with Gasteiger partial charge in [0.2, 0.25) is 10.9 Å². The lowest BCUT2D eigenvalue weighted by atomic mass is 10.2. The Morgan fingerprint density at radius 1 is 1.08 bits per heavy atom. The SMILES string of the molecule is COc1ccccc1Oc1c(OC)nc(-c2ccnc(C(=O)O)c2)nc1N(c1ncc(C)s1)S(=O)O. The largest absolute Gasteiger partial charge is 0.493 e. The van der Waals surface area contributed by atoms with Crippen LogP contribution in [0, 0.1) is 6.92 Å². The molecular weight excluding hydrogens is 510 g/mol. The molecular formula is C22H19N5O7S2. The zero-order valence-electron chi connectivity index (χ0n) is 19.1. The highest BCUT2D eigenvalue weighted by Crippen LogP contribution is 2.45. The molecule has 0 amide bonds. The van der Waals surface area contributed by atoms with E-state index in [1.54, 1.807) is 37.4 Å². The quantitative estimate of drug-likeness (QED) is 0.301. The minimum absolute atomic E-state index is 0.00264. The lowest BCUT2D eigenvalue weighted by Crippen LogP contribution is -2.22. The number of carboxylic acids is 1. The van der Waals surface area contributed by atoms with Crippen LogP contribution in [-0.2, 0) is 11.3 Å². The normalized spacial score (nSPS) is 11.6. The fourth-order valence-corrected chi connectivity index (χ4v) is 4.50. The standard InChI is InChI=1S/C22H19N5O7S2/c1-12-11-24-22(35-12)27(36(30)31)19-17(34-16-7-5-4-6-15(16)32-2)20(33-3)26-18(25-19)13-8-9-23-14(10-13)21(28)29/h4-11H,1-3H3,(H,28,29)(H,30,31). The third-order valence-corrected chi connectivity index (χ3v) is 6.33. The number of aryl methyl sites for hydroxylation is 1. The van der Waals surface area contributed by atoms with Crippen LogP contribution in [0.5, 0.6) is 23.1 Å². The predicted molar refractivity (Wildman–Crippen MR) is 132 cm³/mol. The molecule has 0 aliphatic heterocycles. The summed E-state index contributed by atoms with van der Waals surface area (Å²) in [5, 5.41) is 9.49. The molecule has 3 aromatic heterocycles. The van der Waals surface area contributed by atoms with Gasteiger partial charge in [0.25, 0.3) is 17.1 Å². The molecule has 12 nitrogen and oxygen atoms in total. The van der Waals surface area contributed by atoms with Gasteiger partial charge in [-0.3, -0.25) is 4.55 Å². The Kier molecular flexibility index (Phi) is 7.38. The Hall–Kier alpha value is -4.14. The first-order valence-electron chi connectivity index (χ1n) is 10.1. The Labute approximate surface area is 211 Å². The van der Waals surface area contributed by atoms with Gasteiger partial charge in [0, 0.05) is 22.8 Å². The van der Waals surface area contributed by atoms with Gasteiger partial charge in [0.05, 0.1) is 14.2 Å². The van der Waals surface area contributed by atoms with E-state index in [-0.39, 0.29) is 45.4 Å². The van der Waals surface area contributed by atoms with E-state index < -0.39 is 17.2 Å². The molecule has 0 aliphatic carbocycles. The summed E-state index contributed by atoms with van der Waals surface area (Å²) in [5.74, 6) is -0.902. The number of pyridine rings is 1. The van der Waals surface area contributed by atoms with Crippen molar-refractivity contribution < 1.29 is 32.9 Å². The van der Waals surface area contributed by atoms with E-state index in [2.05, 4.69) is 19.9 Å². The van der Waals surface area contributed by atoms with Crippen molar-refractivity contribution in [3.63, 3.8) is 0 Å². The van der Waals surface area contributed by atoms with Gasteiger partial charge in [0.15, 0.2) is 23.1 Å². The van der Waals surface area contributed by atoms with Crippen molar-refractivity contribution in [2.24, 2.45) is 0 Å². The molecule has 4 rings (SSSR count). The molecule has 0 saturated carbocycles. The number of thiazole rings is 1. The number of hydrogen-bond donors (Lipinski definition) is 2. The topological polar surface area (TPSA) is 157 Å². The van der Waals surface area contributed by atoms with Crippen LogP contribution in [0.4, 0.5) is 10.9 Å². The maximum absolute atomic E-state index is 12.6. The summed E-state index contributed by atoms with van der Waals surface area (Å²) in [5.41, 5.74) is 0.0499. The van der Waals surface area contributed by atoms with Crippen molar-refractivity contribution in [3.05, 3.63) is 59.4 Å². The van der Waals surface area contributed by atoms with E-state index in [0.717, 1.165) is 20.5 Å². The molecule has 14 heteroatoms. The van der Waals surface area contributed by atoms with Crippen molar-refractivity contribution in [2.75, 3.05) is 18.5 Å². The van der Waals surface area contributed by atoms with Gasteiger partial charge < -0.3 is 19.3 Å². The summed E-state index contributed by atoms with van der Waals surface area (Å²) < 4.78 is 40.7. The van der Waals surface area contributed by atoms with Gasteiger partial charge in [-0.2, -0.15) is 9.29 Å². The van der Waals surface area contributed by atoms with Crippen LogP contribution in [0.25, 0.3) is 11.4 Å². The van der Waals surface area contributed by atoms with E-state index in [1.807, 2.05) is 0 Å². The maximum atomic E-state index is 12.6. The highest BCUT2D eigenvalue weighted by molar-refractivity contribution is 7.81. The van der Waals surface area contributed by atoms with Crippen LogP contribution >= 0.6 is 11.3 Å². The van der Waals surface area contributed by atoms with Crippen LogP contribution in [0.15, 0.2) is 48.8 Å². The summed E-state index contributed by atoms with van der Waals surface area (Å²) in [6.45, 7) is 1.79. The molecule has 36 heavy (non-hydrogen) atoms. The van der Waals surface area contributed by atoms with Crippen molar-refractivity contribution in [2.45, 2.75) is 6.92 Å². The summed E-state index contributed by atoms with van der Waals surface area (Å²) in [7, 11) is 2.81. The van der Waals surface area contributed by atoms with Gasteiger partial charge in [-0.1, -0.05) is 12.1 Å². The summed E-state index contributed by atoms with van der Waals surface area (Å²) in [6, 6.07) is 9.55. The van der Waals surface area contributed by atoms with Crippen molar-refractivity contribution in [1.82, 2.24) is 19.9 Å². The molecule has 3 heterocycles. The second-order valence-electron chi connectivity index (χ2n) is 6.98. The van der Waals surface area contributed by atoms with Crippen molar-refractivity contribution in [1.29, 1.82) is 0 Å². The third kappa shape index (κ3) is 5.10. The first-order valence-corrected chi connectivity index (χ1v) is 12.0. The second-order valence-corrected chi connectivity index (χ2v) is 9.02. The molecule has 2 N–H and O–H groups in total. The first kappa shape index (κ1) is 25.0. The number of carbonyl (C=O) groups is 1. The Balaban J connectivity index is 1.98. The number of ether oxygens (including phenoxy) is 3. The number of benzene rings is 1. The smallest absolute Gasteiger partial charge is 0.354 e. The molecule has 1 atom stereocenters. The number of hydrogen-bond acceptors (Lipinski definition) is 10. The van der Waals surface area contributed by atoms with Crippen LogP contribution < -0.4 is 18.5 Å². The number of aromatic carboxylic acids is 1. The number of nitrogens with zero attached hydrogens (tertiary/aromatic N) is 5. The highest BCUT2D eigenvalue weighted by Gasteiger charge is 2.30. The monoisotopic (exact) mass is 529 g/mol. The lowest BCUT2D eigenvalue weighted by molar-refractivity contribution is 0.0690. The number of para-hydroxylation sites is 2. The fraction of sp³-hybridized carbons (Fsp3) is 0.136. The van der Waals surface area contributed by atoms with Gasteiger partial charge in [0.1, 0.15) is 5.69 Å². The summed E-state index contributed by atoms with van der Waals surface area (Å²) in [6.07, 6.45) is 2.83. The average molecular weight is 530 g/mol. The molecule has 1 unspecified atom stereocenters. The zero-order chi connectivity index (χ0) is 25.8. The van der Waals surface area contributed by atoms with E-state index >= 15 is 0 Å². The Morgan fingerprint density at radius 3 is 2.44 bits per heavy atom. The van der Waals surface area contributed by atoms with Crippen molar-refractivity contribution >= 4 is 39.5 Å². The predicted octanol–water partition coefficient (Wildman–Crippen LogP) is 4.09. The van der Waals surface area contributed by atoms with Crippen molar-refractivity contribution in [3.8, 4) is 34.5 Å². The minimum atomic E-state index is -2.64. The molecule has 0 spiro atoms. The first-order chi connectivity index (χ1) is 17.3. The second kappa shape index (κ2) is 10.6. The average Bonchev–Trinajstić information content (AvgIpc) is 3.30. The minimum Gasteiger partial charge on any atom is -0.493 e. The van der Waals surface area contributed by atoms with Crippen LogP contribution in [0.1, 0.15) is 15.4 Å². The van der Waals surface area contributed by atoms with E-state index in [4.69, 9.17) is 14.2 Å². The number of carboxylic acid groups (broad SMARTS) is 1. The molecule has 1 aromatic carbocycles. The third-order valence-electron chi connectivity index (χ3n) is 4.66. The molecule has 4 aromatic rings. The van der Waals surface area contributed by atoms with Crippen LogP contribution in [-0.4, -0.2) is 54.0 Å². The summed E-state index contributed by atoms with van der Waals surface area (Å²) in [4.78, 5) is 29.1. The molecule has 186 valence electrons. The molecule has 0 bridgehead atoms. The van der Waals surface area contributed by atoms with Crippen LogP contribution in [0.2, 0.25) is 0 Å². The van der Waals surface area contributed by atoms with Gasteiger partial charge >= 0.3 is 5.97 Å². The summed E-state index contributed by atoms with van der Waals surface area (Å²) >= 11 is -1.48. The Morgan fingerprint density at radius 2 is 1.83 bits per heavy atom. The number of anilines is 2. The van der Waals surface area contributed by atoms with Gasteiger partial charge in [-0.25, -0.2) is 24.0 Å². The highest BCUT2D eigenvalue weighted by atomic mass is 32.2. The number of rotatable bonds is 9. The van der Waals surface area contributed by atoms with Gasteiger partial charge in [-0.15, -0.1) is 11.3 Å². The number of aromatic nitrogens is 4. The lowest BCUT2D eigenvalue weighted by Gasteiger charge is -2.21. The van der Waals surface area contributed by atoms with E-state index in [1.165, 1.54) is 32.5 Å². The van der Waals surface area contributed by atoms with Crippen LogP contribution in [0.3, 0.4) is 0 Å². The molecule has 0 saturated heterocycles. The molecule has 0 radical (unpaired) electrons. The fourth-order valence-electron chi connectivity index (χ4n) is 3.08. The Bertz CT molecular complexity index is 1450. The molecule has 0 aliphatic rings. The zero-order valence-corrected chi connectivity index (χ0v) is 20.7.